The third-order valence-corrected chi connectivity index (χ3v) is 8.70. The van der Waals surface area contributed by atoms with Crippen molar-refractivity contribution in [2.24, 2.45) is 11.3 Å². The maximum atomic E-state index is 14.9. The minimum absolute atomic E-state index is 0.000105. The molecule has 2 heterocycles. The molecule has 2 aliphatic heterocycles. The zero-order valence-electron chi connectivity index (χ0n) is 22.1. The van der Waals surface area contributed by atoms with E-state index >= 15 is 0 Å². The fourth-order valence-corrected chi connectivity index (χ4v) is 6.01. The van der Waals surface area contributed by atoms with Crippen molar-refractivity contribution in [3.63, 3.8) is 0 Å². The van der Waals surface area contributed by atoms with Crippen LogP contribution in [-0.4, -0.2) is 72.4 Å². The van der Waals surface area contributed by atoms with Gasteiger partial charge in [0, 0.05) is 19.6 Å². The Hall–Kier alpha value is -2.65. The fourth-order valence-electron chi connectivity index (χ4n) is 6.01. The van der Waals surface area contributed by atoms with Gasteiger partial charge in [-0.15, -0.1) is 0 Å². The molecule has 9 heteroatoms. The molecule has 1 N–H and O–H groups in total. The van der Waals surface area contributed by atoms with Crippen LogP contribution >= 0.6 is 0 Å². The van der Waals surface area contributed by atoms with Gasteiger partial charge in [0.2, 0.25) is 0 Å². The summed E-state index contributed by atoms with van der Waals surface area (Å²) in [7, 11) is 0. The minimum Gasteiger partial charge on any atom is -0.493 e. The molecule has 212 valence electrons. The molecule has 5 rings (SSSR count). The molecule has 1 amide bonds. The number of likely N-dealkylation sites (tertiary alicyclic amines) is 2. The number of hydrogen-bond acceptors (Lipinski definition) is 4. The Kier molecular flexibility index (Phi) is 8.19. The molecule has 2 aromatic carbocycles. The molecule has 0 bridgehead atoms. The summed E-state index contributed by atoms with van der Waals surface area (Å²) in [5.41, 5.74) is -0.0744. The molecule has 1 atom stereocenters. The smallest absolute Gasteiger partial charge is 0.395 e. The quantitative estimate of drug-likeness (QED) is 0.437. The average molecular weight is 549 g/mol. The second kappa shape index (κ2) is 11.5. The maximum Gasteiger partial charge on any atom is 0.395 e. The van der Waals surface area contributed by atoms with Gasteiger partial charge in [-0.05, 0) is 92.9 Å². The second-order valence-corrected chi connectivity index (χ2v) is 11.4. The number of β-amino-alcohol motifs (C(OH)–C–C–N with tert-alkyl or cyclic N) is 1. The number of amides is 1. The molecule has 2 saturated heterocycles. The first kappa shape index (κ1) is 27.9. The first-order valence-corrected chi connectivity index (χ1v) is 13.9. The SMILES string of the molecule is O=C(c1ccc(-c2ccc(OCC3CCN(CC4(C(F)(F)F)CCC4)CC3)cc2)cc1F)N1CCC[C@H](O)C1. The van der Waals surface area contributed by atoms with Crippen molar-refractivity contribution in [3.05, 3.63) is 53.8 Å². The number of hydrogen-bond donors (Lipinski definition) is 1. The summed E-state index contributed by atoms with van der Waals surface area (Å²) >= 11 is 0. The summed E-state index contributed by atoms with van der Waals surface area (Å²) in [6.07, 6.45) is -0.574. The molecule has 0 spiro atoms. The molecule has 1 saturated carbocycles. The van der Waals surface area contributed by atoms with E-state index in [0.717, 1.165) is 18.4 Å². The van der Waals surface area contributed by atoms with Crippen molar-refractivity contribution in [2.45, 2.75) is 57.2 Å². The van der Waals surface area contributed by atoms with Crippen molar-refractivity contribution in [2.75, 3.05) is 39.3 Å². The van der Waals surface area contributed by atoms with Gasteiger partial charge < -0.3 is 19.6 Å². The van der Waals surface area contributed by atoms with Gasteiger partial charge in [0.15, 0.2) is 0 Å². The Bertz CT molecular complexity index is 1140. The highest BCUT2D eigenvalue weighted by Crippen LogP contribution is 2.53. The lowest BCUT2D eigenvalue weighted by atomic mass is 9.67. The van der Waals surface area contributed by atoms with Crippen LogP contribution in [0.15, 0.2) is 42.5 Å². The number of halogens is 4. The first-order chi connectivity index (χ1) is 18.6. The maximum absolute atomic E-state index is 14.9. The van der Waals surface area contributed by atoms with E-state index in [9.17, 15) is 27.5 Å². The minimum atomic E-state index is -4.12. The van der Waals surface area contributed by atoms with Gasteiger partial charge >= 0.3 is 6.18 Å². The Morgan fingerprint density at radius 1 is 0.974 bits per heavy atom. The van der Waals surface area contributed by atoms with Gasteiger partial charge in [-0.1, -0.05) is 24.6 Å². The number of piperidine rings is 2. The van der Waals surface area contributed by atoms with Crippen LogP contribution in [0.2, 0.25) is 0 Å². The molecule has 1 aliphatic carbocycles. The third-order valence-electron chi connectivity index (χ3n) is 8.70. The molecule has 3 aliphatic rings. The normalized spacial score (nSPS) is 22.4. The van der Waals surface area contributed by atoms with Crippen LogP contribution < -0.4 is 4.74 Å². The Morgan fingerprint density at radius 3 is 2.26 bits per heavy atom. The molecule has 39 heavy (non-hydrogen) atoms. The van der Waals surface area contributed by atoms with Gasteiger partial charge in [-0.25, -0.2) is 4.39 Å². The van der Waals surface area contributed by atoms with E-state index < -0.39 is 29.4 Å². The highest BCUT2D eigenvalue weighted by molar-refractivity contribution is 5.95. The Morgan fingerprint density at radius 2 is 1.67 bits per heavy atom. The summed E-state index contributed by atoms with van der Waals surface area (Å²) in [5, 5.41) is 9.82. The van der Waals surface area contributed by atoms with Gasteiger partial charge in [0.1, 0.15) is 11.6 Å². The predicted octanol–water partition coefficient (Wildman–Crippen LogP) is 5.91. The number of nitrogens with zero attached hydrogens (tertiary/aromatic N) is 2. The highest BCUT2D eigenvalue weighted by Gasteiger charge is 2.58. The van der Waals surface area contributed by atoms with Crippen molar-refractivity contribution >= 4 is 5.91 Å². The third kappa shape index (κ3) is 6.24. The topological polar surface area (TPSA) is 53.0 Å². The largest absolute Gasteiger partial charge is 0.493 e. The fraction of sp³-hybridized carbons (Fsp3) is 0.567. The van der Waals surface area contributed by atoms with E-state index in [4.69, 9.17) is 4.74 Å². The van der Waals surface area contributed by atoms with Crippen LogP contribution in [0.5, 0.6) is 5.75 Å². The van der Waals surface area contributed by atoms with Crippen LogP contribution in [0.3, 0.4) is 0 Å². The average Bonchev–Trinajstić information content (AvgIpc) is 2.89. The zero-order valence-corrected chi connectivity index (χ0v) is 22.1. The number of rotatable bonds is 7. The summed E-state index contributed by atoms with van der Waals surface area (Å²) in [5.74, 6) is -0.0232. The predicted molar refractivity (Wildman–Crippen MR) is 140 cm³/mol. The number of carbonyl (C=O) groups excluding carboxylic acids is 1. The van der Waals surface area contributed by atoms with E-state index in [-0.39, 0.29) is 31.5 Å². The standard InChI is InChI=1S/C30H36F4N2O3/c31-27-17-23(6-9-26(27)28(38)36-14-1-3-24(37)18-36)22-4-7-25(8-5-22)39-19-21-10-15-35(16-11-21)20-29(12-2-13-29)30(32,33)34/h4-9,17,21,24,37H,1-3,10-16,18-20H2/t24-/m0/s1. The number of alkyl halides is 3. The van der Waals surface area contributed by atoms with Crippen LogP contribution in [0, 0.1) is 17.2 Å². The van der Waals surface area contributed by atoms with E-state index in [2.05, 4.69) is 0 Å². The molecular weight excluding hydrogens is 512 g/mol. The van der Waals surface area contributed by atoms with Crippen molar-refractivity contribution < 1.29 is 32.2 Å². The lowest BCUT2D eigenvalue weighted by molar-refractivity contribution is -0.256. The first-order valence-electron chi connectivity index (χ1n) is 13.9. The summed E-state index contributed by atoms with van der Waals surface area (Å²) in [6.45, 7) is 2.67. The number of aliphatic hydroxyl groups excluding tert-OH is 1. The second-order valence-electron chi connectivity index (χ2n) is 11.4. The molecular formula is C30H36F4N2O3. The van der Waals surface area contributed by atoms with Gasteiger partial charge in [0.25, 0.3) is 5.91 Å². The van der Waals surface area contributed by atoms with E-state index in [1.165, 1.54) is 17.0 Å². The van der Waals surface area contributed by atoms with Crippen molar-refractivity contribution in [3.8, 4) is 16.9 Å². The van der Waals surface area contributed by atoms with Gasteiger partial charge in [-0.3, -0.25) is 4.79 Å². The Balaban J connectivity index is 1.11. The number of ether oxygens (including phenoxy) is 1. The molecule has 0 aromatic heterocycles. The van der Waals surface area contributed by atoms with E-state index in [1.54, 1.807) is 6.07 Å². The van der Waals surface area contributed by atoms with Crippen molar-refractivity contribution in [1.29, 1.82) is 0 Å². The van der Waals surface area contributed by atoms with E-state index in [1.807, 2.05) is 29.2 Å². The van der Waals surface area contributed by atoms with Gasteiger partial charge in [0.05, 0.1) is 23.7 Å². The number of aliphatic hydroxyl groups is 1. The van der Waals surface area contributed by atoms with Crippen LogP contribution in [0.4, 0.5) is 17.6 Å². The molecule has 2 aromatic rings. The Labute approximate surface area is 226 Å². The monoisotopic (exact) mass is 548 g/mol. The zero-order chi connectivity index (χ0) is 27.6. The summed E-state index contributed by atoms with van der Waals surface area (Å²) < 4.78 is 61.3. The van der Waals surface area contributed by atoms with E-state index in [0.29, 0.717) is 62.7 Å². The summed E-state index contributed by atoms with van der Waals surface area (Å²) in [6, 6.07) is 11.9. The number of carbonyl (C=O) groups is 1. The molecule has 3 fully saturated rings. The summed E-state index contributed by atoms with van der Waals surface area (Å²) in [4.78, 5) is 16.2. The highest BCUT2D eigenvalue weighted by atomic mass is 19.4. The molecule has 0 unspecified atom stereocenters. The lowest BCUT2D eigenvalue weighted by Crippen LogP contribution is -2.53. The lowest BCUT2D eigenvalue weighted by Gasteiger charge is -2.47. The van der Waals surface area contributed by atoms with Gasteiger partial charge in [-0.2, -0.15) is 13.2 Å². The van der Waals surface area contributed by atoms with Crippen LogP contribution in [0.25, 0.3) is 11.1 Å². The van der Waals surface area contributed by atoms with Crippen LogP contribution in [-0.2, 0) is 0 Å². The van der Waals surface area contributed by atoms with Crippen LogP contribution in [0.1, 0.15) is 55.3 Å². The number of benzene rings is 2. The molecule has 0 radical (unpaired) electrons. The van der Waals surface area contributed by atoms with Crippen molar-refractivity contribution in [1.82, 2.24) is 9.80 Å². The molecule has 5 nitrogen and oxygen atoms in total.